The molecule has 278 valence electrons. The number of ether oxygens (including phenoxy) is 1. The molecular formula is C54H31BN2OS2. The van der Waals surface area contributed by atoms with Crippen LogP contribution in [0.15, 0.2) is 198 Å². The maximum Gasteiger partial charge on any atom is 0.255 e. The average molecular weight is 799 g/mol. The average Bonchev–Trinajstić information content (AvgIpc) is 3.97. The van der Waals surface area contributed by atoms with E-state index in [1.165, 1.54) is 101 Å². The van der Waals surface area contributed by atoms with Gasteiger partial charge in [0, 0.05) is 63.3 Å². The van der Waals surface area contributed by atoms with Gasteiger partial charge in [-0.3, -0.25) is 0 Å². The summed E-state index contributed by atoms with van der Waals surface area (Å²) in [7, 11) is 0. The van der Waals surface area contributed by atoms with Crippen LogP contribution in [0.1, 0.15) is 0 Å². The molecule has 12 aromatic rings. The van der Waals surface area contributed by atoms with Crippen LogP contribution in [0.3, 0.4) is 0 Å². The van der Waals surface area contributed by atoms with Crippen molar-refractivity contribution in [2.45, 2.75) is 9.79 Å². The van der Waals surface area contributed by atoms with Crippen molar-refractivity contribution in [3.8, 4) is 34.0 Å². The summed E-state index contributed by atoms with van der Waals surface area (Å²) >= 11 is 3.82. The highest BCUT2D eigenvalue weighted by Gasteiger charge is 2.42. The van der Waals surface area contributed by atoms with Crippen molar-refractivity contribution < 1.29 is 4.74 Å². The maximum atomic E-state index is 7.19. The highest BCUT2D eigenvalue weighted by Crippen LogP contribution is 2.47. The minimum Gasteiger partial charge on any atom is -0.458 e. The molecule has 0 saturated carbocycles. The zero-order valence-electron chi connectivity index (χ0n) is 32.1. The Bertz CT molecular complexity index is 3680. The van der Waals surface area contributed by atoms with E-state index in [9.17, 15) is 0 Å². The van der Waals surface area contributed by atoms with E-state index in [1.54, 1.807) is 0 Å². The van der Waals surface area contributed by atoms with E-state index in [0.717, 1.165) is 22.7 Å². The van der Waals surface area contributed by atoms with E-state index in [4.69, 9.17) is 4.74 Å². The second-order valence-corrected chi connectivity index (χ2v) is 18.1. The first-order valence-corrected chi connectivity index (χ1v) is 22.1. The molecule has 6 heteroatoms. The van der Waals surface area contributed by atoms with Crippen molar-refractivity contribution in [1.82, 2.24) is 9.13 Å². The third-order valence-corrected chi connectivity index (χ3v) is 15.1. The second-order valence-electron chi connectivity index (χ2n) is 16.0. The van der Waals surface area contributed by atoms with E-state index < -0.39 is 0 Å². The highest BCUT2D eigenvalue weighted by atomic mass is 32.2. The van der Waals surface area contributed by atoms with Crippen LogP contribution < -0.4 is 21.1 Å². The van der Waals surface area contributed by atoms with Gasteiger partial charge < -0.3 is 13.9 Å². The lowest BCUT2D eigenvalue weighted by molar-refractivity contribution is 0.486. The van der Waals surface area contributed by atoms with Gasteiger partial charge in [-0.15, -0.1) is 11.3 Å². The number of rotatable bonds is 3. The summed E-state index contributed by atoms with van der Waals surface area (Å²) in [4.78, 5) is 2.54. The van der Waals surface area contributed by atoms with Gasteiger partial charge in [-0.05, 0) is 82.1 Å². The number of fused-ring (bicyclic) bond motifs is 14. The van der Waals surface area contributed by atoms with Crippen LogP contribution in [0.2, 0.25) is 0 Å². The van der Waals surface area contributed by atoms with Gasteiger partial charge in [0.25, 0.3) is 6.71 Å². The molecule has 0 unspecified atom stereocenters. The third-order valence-electron chi connectivity index (χ3n) is 12.8. The zero-order valence-corrected chi connectivity index (χ0v) is 33.7. The van der Waals surface area contributed by atoms with Gasteiger partial charge in [-0.2, -0.15) is 0 Å². The monoisotopic (exact) mass is 798 g/mol. The molecule has 3 aromatic heterocycles. The maximum absolute atomic E-state index is 7.19. The van der Waals surface area contributed by atoms with Crippen molar-refractivity contribution in [3.63, 3.8) is 0 Å². The van der Waals surface area contributed by atoms with E-state index >= 15 is 0 Å². The predicted molar refractivity (Wildman–Crippen MR) is 255 cm³/mol. The first-order chi connectivity index (χ1) is 29.8. The van der Waals surface area contributed by atoms with Crippen LogP contribution in [0.5, 0.6) is 11.5 Å². The molecule has 0 fully saturated rings. The zero-order chi connectivity index (χ0) is 39.1. The smallest absolute Gasteiger partial charge is 0.255 e. The highest BCUT2D eigenvalue weighted by molar-refractivity contribution is 8.00. The minimum atomic E-state index is -0.0187. The molecule has 5 heterocycles. The van der Waals surface area contributed by atoms with Crippen molar-refractivity contribution in [2.75, 3.05) is 0 Å². The summed E-state index contributed by atoms with van der Waals surface area (Å²) in [5.41, 5.74) is 13.3. The molecule has 9 aromatic carbocycles. The normalized spacial score (nSPS) is 13.0. The topological polar surface area (TPSA) is 19.1 Å². The summed E-state index contributed by atoms with van der Waals surface area (Å²) in [6, 6.07) is 69.0. The van der Waals surface area contributed by atoms with Crippen molar-refractivity contribution >= 4 is 110 Å². The molecular weight excluding hydrogens is 768 g/mol. The number of hydrogen-bond acceptors (Lipinski definition) is 3. The third kappa shape index (κ3) is 4.47. The van der Waals surface area contributed by atoms with Crippen LogP contribution in [0, 0.1) is 0 Å². The quantitative estimate of drug-likeness (QED) is 0.166. The van der Waals surface area contributed by atoms with Gasteiger partial charge in [0.15, 0.2) is 0 Å². The Hall–Kier alpha value is -6.99. The number of aromatic nitrogens is 2. The SMILES string of the molecule is c1ccc(-c2cc3c4c(c2)Sc2cc(-n5c6ccccc6c6ccccc65)c5c(sc6ccccc65)c2B4c2ccc(-n4c5ccccc5c5ccccc54)cc2O3)cc1. The molecule has 2 aliphatic rings. The lowest BCUT2D eigenvalue weighted by atomic mass is 9.35. The Balaban J connectivity index is 1.08. The summed E-state index contributed by atoms with van der Waals surface area (Å²) in [5, 5.41) is 7.64. The van der Waals surface area contributed by atoms with Crippen LogP contribution >= 0.6 is 23.1 Å². The van der Waals surface area contributed by atoms with E-state index in [0.29, 0.717) is 0 Å². The fraction of sp³-hybridized carbons (Fsp3) is 0. The number of benzene rings is 9. The predicted octanol–water partition coefficient (Wildman–Crippen LogP) is 13.0. The number of nitrogens with zero attached hydrogens (tertiary/aromatic N) is 2. The molecule has 3 nitrogen and oxygen atoms in total. The van der Waals surface area contributed by atoms with E-state index in [1.807, 2.05) is 23.1 Å². The van der Waals surface area contributed by atoms with Crippen LogP contribution in [0.4, 0.5) is 0 Å². The van der Waals surface area contributed by atoms with Crippen LogP contribution in [-0.4, -0.2) is 15.8 Å². The van der Waals surface area contributed by atoms with Gasteiger partial charge in [-0.25, -0.2) is 0 Å². The fourth-order valence-corrected chi connectivity index (χ4v) is 12.9. The van der Waals surface area contributed by atoms with Gasteiger partial charge in [0.2, 0.25) is 0 Å². The van der Waals surface area contributed by atoms with Gasteiger partial charge in [-0.1, -0.05) is 139 Å². The van der Waals surface area contributed by atoms with Crippen molar-refractivity contribution in [3.05, 3.63) is 188 Å². The number of para-hydroxylation sites is 4. The molecule has 0 aliphatic carbocycles. The standard InChI is InChI=1S/C54H31BN2OS2/c1-2-14-32(15-3-1)33-28-47-52-49(29-33)59-50-31-45(57-43-23-11-6-18-37(43)38-19-7-12-24-44(38)57)51-39-20-8-13-25-48(39)60-54(51)53(50)55(52)40-27-26-34(30-46(40)58-47)56-41-21-9-4-16-35(41)36-17-5-10-22-42(36)56/h1-31H. The number of thiophene rings is 1. The summed E-state index contributed by atoms with van der Waals surface area (Å²) in [5.74, 6) is 1.84. The Morgan fingerprint density at radius 2 is 1.00 bits per heavy atom. The molecule has 0 spiro atoms. The summed E-state index contributed by atoms with van der Waals surface area (Å²) in [6.45, 7) is -0.0187. The van der Waals surface area contributed by atoms with E-state index in [-0.39, 0.29) is 6.71 Å². The molecule has 0 N–H and O–H groups in total. The molecule has 60 heavy (non-hydrogen) atoms. The van der Waals surface area contributed by atoms with Crippen molar-refractivity contribution in [2.24, 2.45) is 0 Å². The molecule has 0 bridgehead atoms. The molecule has 2 aliphatic heterocycles. The lowest BCUT2D eigenvalue weighted by Crippen LogP contribution is -2.57. The lowest BCUT2D eigenvalue weighted by Gasteiger charge is -2.34. The summed E-state index contributed by atoms with van der Waals surface area (Å²) in [6.07, 6.45) is 0. The largest absolute Gasteiger partial charge is 0.458 e. The first-order valence-electron chi connectivity index (χ1n) is 20.4. The molecule has 0 amide bonds. The Kier molecular flexibility index (Phi) is 6.73. The van der Waals surface area contributed by atoms with Crippen molar-refractivity contribution in [1.29, 1.82) is 0 Å². The van der Waals surface area contributed by atoms with E-state index in [2.05, 4.69) is 197 Å². The summed E-state index contributed by atoms with van der Waals surface area (Å²) < 4.78 is 14.7. The Morgan fingerprint density at radius 1 is 0.433 bits per heavy atom. The van der Waals surface area contributed by atoms with Crippen LogP contribution in [0.25, 0.3) is 86.3 Å². The Labute approximate surface area is 353 Å². The van der Waals surface area contributed by atoms with Gasteiger partial charge in [0.05, 0.1) is 27.8 Å². The molecule has 0 atom stereocenters. The van der Waals surface area contributed by atoms with Crippen LogP contribution in [-0.2, 0) is 0 Å². The Morgan fingerprint density at radius 3 is 1.67 bits per heavy atom. The minimum absolute atomic E-state index is 0.0187. The van der Waals surface area contributed by atoms with Gasteiger partial charge in [0.1, 0.15) is 11.5 Å². The fourth-order valence-electron chi connectivity index (χ4n) is 10.3. The number of hydrogen-bond donors (Lipinski definition) is 0. The molecule has 0 radical (unpaired) electrons. The molecule has 0 saturated heterocycles. The molecule has 14 rings (SSSR count). The first kappa shape index (κ1) is 32.9. The second kappa shape index (κ2) is 12.3. The van der Waals surface area contributed by atoms with Gasteiger partial charge >= 0.3 is 0 Å².